The number of rotatable bonds is 3. The molecule has 0 saturated carbocycles. The Labute approximate surface area is 144 Å². The SMILES string of the molecule is CN(C)C(C)(C)C(=O)c1ccc2[nH]c3ccccc3c(=O)c(=O)c2c1. The molecule has 25 heavy (non-hydrogen) atoms. The number of nitrogens with zero attached hydrogens (tertiary/aromatic N) is 1. The van der Waals surface area contributed by atoms with Crippen molar-refractivity contribution >= 4 is 27.6 Å². The maximum atomic E-state index is 12.8. The highest BCUT2D eigenvalue weighted by atomic mass is 16.2. The first-order valence-electron chi connectivity index (χ1n) is 8.05. The lowest BCUT2D eigenvalue weighted by molar-refractivity contribution is 0.0755. The number of Topliss-reactive ketones (excluding diaryl/α,β-unsaturated/α-hetero) is 1. The van der Waals surface area contributed by atoms with Crippen LogP contribution in [0.25, 0.3) is 21.8 Å². The first-order valence-corrected chi connectivity index (χ1v) is 8.05. The Bertz CT molecular complexity index is 1110. The van der Waals surface area contributed by atoms with Crippen molar-refractivity contribution in [3.63, 3.8) is 0 Å². The quantitative estimate of drug-likeness (QED) is 0.589. The molecule has 5 nitrogen and oxygen atoms in total. The van der Waals surface area contributed by atoms with Gasteiger partial charge in [0.15, 0.2) is 5.78 Å². The van der Waals surface area contributed by atoms with Crippen molar-refractivity contribution in [2.75, 3.05) is 14.1 Å². The summed E-state index contributed by atoms with van der Waals surface area (Å²) < 4.78 is 0. The molecule has 1 heterocycles. The van der Waals surface area contributed by atoms with Gasteiger partial charge < -0.3 is 4.98 Å². The Hall–Kier alpha value is -2.79. The number of likely N-dealkylation sites (N-methyl/N-ethyl adjacent to an activating group) is 1. The molecule has 0 atom stereocenters. The van der Waals surface area contributed by atoms with Crippen molar-refractivity contribution in [3.05, 3.63) is 68.5 Å². The summed E-state index contributed by atoms with van der Waals surface area (Å²) in [6.07, 6.45) is 0. The number of carbonyl (C=O) groups is 1. The highest BCUT2D eigenvalue weighted by molar-refractivity contribution is 6.05. The monoisotopic (exact) mass is 336 g/mol. The van der Waals surface area contributed by atoms with E-state index in [-0.39, 0.29) is 11.2 Å². The van der Waals surface area contributed by atoms with Crippen LogP contribution in [0.2, 0.25) is 0 Å². The van der Waals surface area contributed by atoms with Crippen molar-refractivity contribution in [2.24, 2.45) is 0 Å². The fourth-order valence-electron chi connectivity index (χ4n) is 2.72. The Morgan fingerprint density at radius 3 is 2.20 bits per heavy atom. The lowest BCUT2D eigenvalue weighted by Crippen LogP contribution is -2.45. The Balaban J connectivity index is 2.34. The zero-order valence-electron chi connectivity index (χ0n) is 14.7. The summed E-state index contributed by atoms with van der Waals surface area (Å²) >= 11 is 0. The molecule has 0 saturated heterocycles. The van der Waals surface area contributed by atoms with E-state index in [9.17, 15) is 14.4 Å². The molecule has 3 aromatic rings. The Kier molecular flexibility index (Phi) is 4.05. The Morgan fingerprint density at radius 2 is 1.52 bits per heavy atom. The van der Waals surface area contributed by atoms with E-state index in [1.165, 1.54) is 6.07 Å². The number of fused-ring (bicyclic) bond motifs is 2. The predicted octanol–water partition coefficient (Wildman–Crippen LogP) is 2.56. The summed E-state index contributed by atoms with van der Waals surface area (Å²) in [5.41, 5.74) is -0.369. The standard InChI is InChI=1S/C20H20N2O3/c1-20(2,22(3)4)19(25)12-9-10-16-14(11-12)18(24)17(23)13-7-5-6-8-15(13)21-16/h5-11,21H,1-4H3. The normalized spacial score (nSPS) is 12.0. The molecule has 0 spiro atoms. The fraction of sp³-hybridized carbons (Fsp3) is 0.250. The van der Waals surface area contributed by atoms with Crippen molar-refractivity contribution in [3.8, 4) is 0 Å². The lowest BCUT2D eigenvalue weighted by Gasteiger charge is -2.30. The van der Waals surface area contributed by atoms with Crippen molar-refractivity contribution in [2.45, 2.75) is 19.4 Å². The van der Waals surface area contributed by atoms with Gasteiger partial charge >= 0.3 is 0 Å². The van der Waals surface area contributed by atoms with Crippen LogP contribution in [-0.4, -0.2) is 35.3 Å². The smallest absolute Gasteiger partial charge is 0.235 e. The van der Waals surface area contributed by atoms with Crippen LogP contribution >= 0.6 is 0 Å². The van der Waals surface area contributed by atoms with Crippen LogP contribution in [0.15, 0.2) is 52.1 Å². The third-order valence-electron chi connectivity index (χ3n) is 4.85. The van der Waals surface area contributed by atoms with Gasteiger partial charge in [-0.3, -0.25) is 19.3 Å². The molecule has 1 aromatic heterocycles. The zero-order valence-corrected chi connectivity index (χ0v) is 14.7. The van der Waals surface area contributed by atoms with Crippen LogP contribution in [0.4, 0.5) is 0 Å². The summed E-state index contributed by atoms with van der Waals surface area (Å²) in [7, 11) is 3.66. The number of ketones is 1. The number of nitrogens with one attached hydrogen (secondary N) is 1. The average Bonchev–Trinajstić information content (AvgIpc) is 2.70. The second kappa shape index (κ2) is 5.93. The van der Waals surface area contributed by atoms with E-state index in [2.05, 4.69) is 4.98 Å². The third-order valence-corrected chi connectivity index (χ3v) is 4.85. The summed E-state index contributed by atoms with van der Waals surface area (Å²) in [6.45, 7) is 3.64. The molecular formula is C20H20N2O3. The van der Waals surface area contributed by atoms with Crippen LogP contribution < -0.4 is 10.9 Å². The van der Waals surface area contributed by atoms with Gasteiger partial charge in [-0.15, -0.1) is 0 Å². The van der Waals surface area contributed by atoms with Crippen LogP contribution in [0.3, 0.4) is 0 Å². The number of hydrogen-bond acceptors (Lipinski definition) is 4. The molecule has 0 amide bonds. The number of para-hydroxylation sites is 1. The van der Waals surface area contributed by atoms with Gasteiger partial charge in [-0.05, 0) is 58.3 Å². The van der Waals surface area contributed by atoms with E-state index < -0.39 is 16.4 Å². The average molecular weight is 336 g/mol. The van der Waals surface area contributed by atoms with Gasteiger partial charge in [0, 0.05) is 22.0 Å². The molecule has 0 aliphatic heterocycles. The van der Waals surface area contributed by atoms with Gasteiger partial charge in [0.05, 0.1) is 10.9 Å². The van der Waals surface area contributed by atoms with Gasteiger partial charge in [0.2, 0.25) is 10.9 Å². The highest BCUT2D eigenvalue weighted by Gasteiger charge is 2.31. The van der Waals surface area contributed by atoms with Crippen LogP contribution in [-0.2, 0) is 0 Å². The Morgan fingerprint density at radius 1 is 0.920 bits per heavy atom. The van der Waals surface area contributed by atoms with Gasteiger partial charge in [0.25, 0.3) is 0 Å². The summed E-state index contributed by atoms with van der Waals surface area (Å²) in [6, 6.07) is 11.8. The van der Waals surface area contributed by atoms with Gasteiger partial charge in [-0.2, -0.15) is 0 Å². The van der Waals surface area contributed by atoms with Crippen molar-refractivity contribution < 1.29 is 4.79 Å². The molecule has 0 bridgehead atoms. The van der Waals surface area contributed by atoms with E-state index in [0.717, 1.165) is 0 Å². The molecule has 0 aliphatic carbocycles. The number of aromatic amines is 1. The molecule has 3 rings (SSSR count). The van der Waals surface area contributed by atoms with E-state index >= 15 is 0 Å². The number of benzene rings is 2. The second-order valence-electron chi connectivity index (χ2n) is 6.87. The van der Waals surface area contributed by atoms with Crippen LogP contribution in [0.5, 0.6) is 0 Å². The van der Waals surface area contributed by atoms with Gasteiger partial charge in [-0.1, -0.05) is 12.1 Å². The summed E-state index contributed by atoms with van der Waals surface area (Å²) in [4.78, 5) is 42.9. The molecule has 1 N–H and O–H groups in total. The second-order valence-corrected chi connectivity index (χ2v) is 6.87. The number of H-pyrrole nitrogens is 1. The first kappa shape index (κ1) is 17.0. The van der Waals surface area contributed by atoms with Crippen molar-refractivity contribution in [1.29, 1.82) is 0 Å². The minimum Gasteiger partial charge on any atom is -0.354 e. The van der Waals surface area contributed by atoms with E-state index in [0.29, 0.717) is 22.0 Å². The van der Waals surface area contributed by atoms with Crippen molar-refractivity contribution in [1.82, 2.24) is 9.88 Å². The molecule has 0 unspecified atom stereocenters. The predicted molar refractivity (Wildman–Crippen MR) is 100 cm³/mol. The number of carbonyl (C=O) groups excluding carboxylic acids is 1. The molecule has 2 aromatic carbocycles. The van der Waals surface area contributed by atoms with Crippen LogP contribution in [0.1, 0.15) is 24.2 Å². The number of aromatic nitrogens is 1. The van der Waals surface area contributed by atoms with E-state index in [1.807, 2.05) is 32.8 Å². The topological polar surface area (TPSA) is 70.2 Å². The van der Waals surface area contributed by atoms with E-state index in [4.69, 9.17) is 0 Å². The summed E-state index contributed by atoms with van der Waals surface area (Å²) in [5, 5.41) is 0.562. The first-order chi connectivity index (χ1) is 11.7. The minimum absolute atomic E-state index is 0.109. The highest BCUT2D eigenvalue weighted by Crippen LogP contribution is 2.20. The molecule has 128 valence electrons. The fourth-order valence-corrected chi connectivity index (χ4v) is 2.72. The molecule has 0 aliphatic rings. The summed E-state index contributed by atoms with van der Waals surface area (Å²) in [5.74, 6) is -0.109. The lowest BCUT2D eigenvalue weighted by atomic mass is 9.91. The zero-order chi connectivity index (χ0) is 18.4. The largest absolute Gasteiger partial charge is 0.354 e. The maximum Gasteiger partial charge on any atom is 0.235 e. The van der Waals surface area contributed by atoms with Crippen LogP contribution in [0, 0.1) is 0 Å². The van der Waals surface area contributed by atoms with E-state index in [1.54, 1.807) is 36.4 Å². The van der Waals surface area contributed by atoms with Gasteiger partial charge in [-0.25, -0.2) is 0 Å². The third kappa shape index (κ3) is 2.76. The number of hydrogen-bond donors (Lipinski definition) is 1. The minimum atomic E-state index is -0.720. The van der Waals surface area contributed by atoms with Gasteiger partial charge in [0.1, 0.15) is 0 Å². The molecular weight excluding hydrogens is 316 g/mol. The maximum absolute atomic E-state index is 12.8. The molecule has 0 radical (unpaired) electrons. The molecule has 5 heteroatoms. The molecule has 0 fully saturated rings.